The zero-order chi connectivity index (χ0) is 10.6. The third-order valence-corrected chi connectivity index (χ3v) is 1.89. The van der Waals surface area contributed by atoms with Gasteiger partial charge in [0.05, 0.1) is 5.69 Å². The molecular formula is C12H12ClN. The van der Waals surface area contributed by atoms with Gasteiger partial charge in [0.1, 0.15) is 5.17 Å². The summed E-state index contributed by atoms with van der Waals surface area (Å²) in [5.41, 5.74) is 2.75. The van der Waals surface area contributed by atoms with E-state index in [1.165, 1.54) is 0 Å². The lowest BCUT2D eigenvalue weighted by Gasteiger charge is -2.04. The van der Waals surface area contributed by atoms with E-state index in [-0.39, 0.29) is 0 Å². The van der Waals surface area contributed by atoms with Crippen molar-refractivity contribution in [3.8, 4) is 0 Å². The van der Waals surface area contributed by atoms with Crippen LogP contribution in [-0.4, -0.2) is 5.17 Å². The average Bonchev–Trinajstić information content (AvgIpc) is 2.17. The fraction of sp³-hybridized carbons (Fsp3) is 0.0833. The van der Waals surface area contributed by atoms with E-state index in [0.717, 1.165) is 16.8 Å². The summed E-state index contributed by atoms with van der Waals surface area (Å²) in [6.07, 6.45) is 3.51. The van der Waals surface area contributed by atoms with Crippen LogP contribution in [0.4, 0.5) is 5.69 Å². The molecular weight excluding hydrogens is 194 g/mol. The van der Waals surface area contributed by atoms with Gasteiger partial charge < -0.3 is 0 Å². The van der Waals surface area contributed by atoms with Gasteiger partial charge in [0, 0.05) is 11.1 Å². The molecule has 0 saturated carbocycles. The van der Waals surface area contributed by atoms with E-state index in [9.17, 15) is 0 Å². The summed E-state index contributed by atoms with van der Waals surface area (Å²) in [4.78, 5) is 4.24. The summed E-state index contributed by atoms with van der Waals surface area (Å²) in [6.45, 7) is 9.20. The third kappa shape index (κ3) is 2.33. The highest BCUT2D eigenvalue weighted by Crippen LogP contribution is 2.26. The fourth-order valence-corrected chi connectivity index (χ4v) is 1.28. The minimum atomic E-state index is 0.502. The molecule has 0 unspecified atom stereocenters. The maximum Gasteiger partial charge on any atom is 0.103 e. The number of hydrogen-bond donors (Lipinski definition) is 0. The molecule has 72 valence electrons. The highest BCUT2D eigenvalue weighted by molar-refractivity contribution is 6.65. The molecule has 0 radical (unpaired) electrons. The first-order valence-electron chi connectivity index (χ1n) is 4.27. The minimum Gasteiger partial charge on any atom is -0.240 e. The van der Waals surface area contributed by atoms with E-state index in [1.807, 2.05) is 18.2 Å². The van der Waals surface area contributed by atoms with Crippen molar-refractivity contribution in [1.29, 1.82) is 0 Å². The standard InChI is InChI=1S/C12H12ClN/c1-4-10-7-6-8-11(5-2)12(10)14-9(3)13/h4-8H,1-2H2,3H3/b14-9+. The summed E-state index contributed by atoms with van der Waals surface area (Å²) >= 11 is 5.75. The number of aliphatic imine (C=N–C) groups is 1. The molecule has 0 heterocycles. The lowest BCUT2D eigenvalue weighted by Crippen LogP contribution is -1.82. The van der Waals surface area contributed by atoms with Crippen molar-refractivity contribution in [3.05, 3.63) is 42.5 Å². The summed E-state index contributed by atoms with van der Waals surface area (Å²) in [7, 11) is 0. The Morgan fingerprint density at radius 2 is 1.79 bits per heavy atom. The van der Waals surface area contributed by atoms with Crippen molar-refractivity contribution in [2.75, 3.05) is 0 Å². The van der Waals surface area contributed by atoms with E-state index >= 15 is 0 Å². The smallest absolute Gasteiger partial charge is 0.103 e. The van der Waals surface area contributed by atoms with Crippen LogP contribution in [0.25, 0.3) is 12.2 Å². The quantitative estimate of drug-likeness (QED) is 0.654. The van der Waals surface area contributed by atoms with E-state index in [2.05, 4.69) is 18.2 Å². The molecule has 0 spiro atoms. The number of para-hydroxylation sites is 1. The van der Waals surface area contributed by atoms with Crippen LogP contribution >= 0.6 is 11.6 Å². The lowest BCUT2D eigenvalue weighted by atomic mass is 10.1. The maximum absolute atomic E-state index is 5.75. The maximum atomic E-state index is 5.75. The first-order valence-corrected chi connectivity index (χ1v) is 4.65. The van der Waals surface area contributed by atoms with Crippen LogP contribution in [0.15, 0.2) is 36.3 Å². The molecule has 2 heteroatoms. The van der Waals surface area contributed by atoms with Crippen LogP contribution < -0.4 is 0 Å². The molecule has 0 N–H and O–H groups in total. The first-order chi connectivity index (χ1) is 6.69. The number of hydrogen-bond acceptors (Lipinski definition) is 1. The van der Waals surface area contributed by atoms with Gasteiger partial charge in [0.2, 0.25) is 0 Å². The van der Waals surface area contributed by atoms with Crippen LogP contribution in [0, 0.1) is 0 Å². The van der Waals surface area contributed by atoms with Crippen LogP contribution in [-0.2, 0) is 0 Å². The lowest BCUT2D eigenvalue weighted by molar-refractivity contribution is 1.48. The van der Waals surface area contributed by atoms with Gasteiger partial charge in [-0.2, -0.15) is 0 Å². The van der Waals surface area contributed by atoms with Crippen molar-refractivity contribution < 1.29 is 0 Å². The summed E-state index contributed by atoms with van der Waals surface area (Å²) in [6, 6.07) is 5.83. The molecule has 1 nitrogen and oxygen atoms in total. The van der Waals surface area contributed by atoms with Gasteiger partial charge in [-0.3, -0.25) is 0 Å². The predicted molar refractivity (Wildman–Crippen MR) is 65.2 cm³/mol. The third-order valence-electron chi connectivity index (χ3n) is 1.80. The molecule has 1 aromatic carbocycles. The van der Waals surface area contributed by atoms with E-state index in [1.54, 1.807) is 19.1 Å². The number of rotatable bonds is 3. The second-order valence-corrected chi connectivity index (χ2v) is 3.35. The molecule has 0 fully saturated rings. The molecule has 0 saturated heterocycles. The van der Waals surface area contributed by atoms with Crippen LogP contribution in [0.1, 0.15) is 18.1 Å². The number of nitrogens with zero attached hydrogens (tertiary/aromatic N) is 1. The zero-order valence-corrected chi connectivity index (χ0v) is 8.88. The highest BCUT2D eigenvalue weighted by Gasteiger charge is 2.02. The Kier molecular flexibility index (Phi) is 3.66. The van der Waals surface area contributed by atoms with Gasteiger partial charge in [-0.15, -0.1) is 0 Å². The molecule has 14 heavy (non-hydrogen) atoms. The summed E-state index contributed by atoms with van der Waals surface area (Å²) < 4.78 is 0. The zero-order valence-electron chi connectivity index (χ0n) is 8.13. The van der Waals surface area contributed by atoms with Gasteiger partial charge in [0.25, 0.3) is 0 Å². The van der Waals surface area contributed by atoms with Crippen LogP contribution in [0.5, 0.6) is 0 Å². The molecule has 1 aromatic rings. The Balaban J connectivity index is 3.40. The molecule has 0 aromatic heterocycles. The minimum absolute atomic E-state index is 0.502. The Bertz CT molecular complexity index is 361. The largest absolute Gasteiger partial charge is 0.240 e. The molecule has 0 bridgehead atoms. The van der Waals surface area contributed by atoms with E-state index in [4.69, 9.17) is 11.6 Å². The molecule has 0 amide bonds. The molecule has 0 aliphatic rings. The molecule has 0 aliphatic heterocycles. The Morgan fingerprint density at radius 3 is 2.14 bits per heavy atom. The highest BCUT2D eigenvalue weighted by atomic mass is 35.5. The van der Waals surface area contributed by atoms with Gasteiger partial charge in [-0.05, 0) is 6.92 Å². The van der Waals surface area contributed by atoms with Gasteiger partial charge in [-0.25, -0.2) is 4.99 Å². The first kappa shape index (κ1) is 10.7. The van der Waals surface area contributed by atoms with Crippen LogP contribution in [0.3, 0.4) is 0 Å². The monoisotopic (exact) mass is 205 g/mol. The van der Waals surface area contributed by atoms with Crippen LogP contribution in [0.2, 0.25) is 0 Å². The number of halogens is 1. The topological polar surface area (TPSA) is 12.4 Å². The summed E-state index contributed by atoms with van der Waals surface area (Å²) in [5, 5.41) is 0.502. The van der Waals surface area contributed by atoms with Crippen molar-refractivity contribution in [2.24, 2.45) is 4.99 Å². The van der Waals surface area contributed by atoms with E-state index < -0.39 is 0 Å². The normalized spacial score (nSPS) is 11.1. The predicted octanol–water partition coefficient (Wildman–Crippen LogP) is 4.26. The fourth-order valence-electron chi connectivity index (χ4n) is 1.19. The Hall–Kier alpha value is -1.34. The second-order valence-electron chi connectivity index (χ2n) is 2.80. The second kappa shape index (κ2) is 4.77. The Morgan fingerprint density at radius 1 is 1.29 bits per heavy atom. The number of benzene rings is 1. The molecule has 1 rings (SSSR count). The van der Waals surface area contributed by atoms with Gasteiger partial charge in [0.15, 0.2) is 0 Å². The van der Waals surface area contributed by atoms with Gasteiger partial charge >= 0.3 is 0 Å². The average molecular weight is 206 g/mol. The SMILES string of the molecule is C=Cc1cccc(C=C)c1/N=C(\C)Cl. The molecule has 0 atom stereocenters. The van der Waals surface area contributed by atoms with E-state index in [0.29, 0.717) is 5.17 Å². The van der Waals surface area contributed by atoms with Crippen molar-refractivity contribution >= 4 is 34.6 Å². The van der Waals surface area contributed by atoms with Crippen molar-refractivity contribution in [2.45, 2.75) is 6.92 Å². The van der Waals surface area contributed by atoms with Gasteiger partial charge in [-0.1, -0.05) is 55.1 Å². The Labute approximate surface area is 89.4 Å². The van der Waals surface area contributed by atoms with Crippen molar-refractivity contribution in [1.82, 2.24) is 0 Å². The van der Waals surface area contributed by atoms with Crippen molar-refractivity contribution in [3.63, 3.8) is 0 Å². The molecule has 0 aliphatic carbocycles. The summed E-state index contributed by atoms with van der Waals surface area (Å²) in [5.74, 6) is 0.